The van der Waals surface area contributed by atoms with E-state index in [1.54, 1.807) is 12.1 Å². The van der Waals surface area contributed by atoms with Crippen molar-refractivity contribution in [2.24, 2.45) is 0 Å². The first-order valence-electron chi connectivity index (χ1n) is 5.14. The van der Waals surface area contributed by atoms with Crippen LogP contribution >= 0.6 is 0 Å². The monoisotopic (exact) mass is 257 g/mol. The minimum atomic E-state index is -0.487. The van der Waals surface area contributed by atoms with Crippen molar-refractivity contribution in [1.82, 2.24) is 16.0 Å². The molecule has 17 heavy (non-hydrogen) atoms. The molecule has 1 fully saturated rings. The van der Waals surface area contributed by atoms with Gasteiger partial charge in [0.05, 0.1) is 0 Å². The highest BCUT2D eigenvalue weighted by Crippen LogP contribution is 2.18. The topological polar surface area (TPSA) is 55.6 Å². The van der Waals surface area contributed by atoms with E-state index < -0.39 is 6.67 Å². The summed E-state index contributed by atoms with van der Waals surface area (Å²) in [6.07, 6.45) is 0. The predicted octanol–water partition coefficient (Wildman–Crippen LogP) is -2.57. The van der Waals surface area contributed by atoms with Crippen LogP contribution in [-0.4, -0.2) is 25.8 Å². The Kier molecular flexibility index (Phi) is 5.03. The van der Waals surface area contributed by atoms with E-state index in [0.29, 0.717) is 12.3 Å². The van der Waals surface area contributed by atoms with Crippen molar-refractivity contribution in [2.75, 3.05) is 19.8 Å². The van der Waals surface area contributed by atoms with E-state index in [9.17, 15) is 4.39 Å². The van der Waals surface area contributed by atoms with E-state index in [-0.39, 0.29) is 31.0 Å². The molecule has 0 saturated carbocycles. The Hall–Kier alpha value is -1.49. The number of nitrogens with one attached hydrogen (secondary N) is 2. The van der Waals surface area contributed by atoms with Crippen LogP contribution in [0.4, 0.5) is 4.39 Å². The molecule has 1 aliphatic heterocycles. The first kappa shape index (κ1) is 13.6. The molecule has 4 nitrogen and oxygen atoms in total. The van der Waals surface area contributed by atoms with Gasteiger partial charge in [-0.25, -0.2) is 4.39 Å². The average Bonchev–Trinajstić information content (AvgIpc) is 2.74. The van der Waals surface area contributed by atoms with Gasteiger partial charge in [0.2, 0.25) is 0 Å². The SMILES string of the molecule is [Cl-].[N+]=C1NCC(c2ccc(OCCF)cc2)N1. The Bertz CT molecular complexity index is 371. The van der Waals surface area contributed by atoms with Crippen LogP contribution in [0.5, 0.6) is 5.75 Å². The summed E-state index contributed by atoms with van der Waals surface area (Å²) in [7, 11) is 0. The van der Waals surface area contributed by atoms with Gasteiger partial charge in [-0.3, -0.25) is 10.6 Å². The molecule has 0 aliphatic carbocycles. The Labute approximate surface area is 105 Å². The summed E-state index contributed by atoms with van der Waals surface area (Å²) < 4.78 is 17.0. The lowest BCUT2D eigenvalue weighted by molar-refractivity contribution is -0.00000437. The average molecular weight is 258 g/mol. The summed E-state index contributed by atoms with van der Waals surface area (Å²) in [5, 5.41) is 14.8. The highest BCUT2D eigenvalue weighted by Gasteiger charge is 2.27. The number of halogens is 2. The van der Waals surface area contributed by atoms with Crippen LogP contribution < -0.4 is 33.2 Å². The van der Waals surface area contributed by atoms with Crippen molar-refractivity contribution >= 4 is 5.96 Å². The summed E-state index contributed by atoms with van der Waals surface area (Å²) in [6.45, 7) is 0.242. The second-order valence-corrected chi connectivity index (χ2v) is 3.53. The summed E-state index contributed by atoms with van der Waals surface area (Å²) in [4.78, 5) is 0. The van der Waals surface area contributed by atoms with Crippen LogP contribution in [0, 0.1) is 0 Å². The number of ether oxygens (including phenoxy) is 1. The fraction of sp³-hybridized carbons (Fsp3) is 0.364. The lowest BCUT2D eigenvalue weighted by Gasteiger charge is -2.07. The third-order valence-corrected chi connectivity index (χ3v) is 2.41. The normalized spacial score (nSPS) is 17.9. The number of alkyl halides is 1. The number of hydrogen-bond acceptors (Lipinski definition) is 1. The molecular formula is C11H13ClFN3O. The van der Waals surface area contributed by atoms with E-state index in [1.165, 1.54) is 0 Å². The number of guanidine groups is 1. The lowest BCUT2D eigenvalue weighted by Crippen LogP contribution is -3.00. The van der Waals surface area contributed by atoms with Crippen molar-refractivity contribution in [3.8, 4) is 5.75 Å². The zero-order chi connectivity index (χ0) is 11.4. The molecule has 6 heteroatoms. The zero-order valence-electron chi connectivity index (χ0n) is 9.12. The van der Waals surface area contributed by atoms with Gasteiger partial charge in [0.1, 0.15) is 37.0 Å². The molecule has 1 aliphatic rings. The quantitative estimate of drug-likeness (QED) is 0.624. The summed E-state index contributed by atoms with van der Waals surface area (Å²) in [6, 6.07) is 7.44. The molecule has 1 heterocycles. The lowest BCUT2D eigenvalue weighted by atomic mass is 10.1. The smallest absolute Gasteiger partial charge is 0.424 e. The highest BCUT2D eigenvalue weighted by molar-refractivity contribution is 5.80. The second kappa shape index (κ2) is 6.30. The molecule has 1 aromatic rings. The van der Waals surface area contributed by atoms with Crippen LogP contribution in [0.15, 0.2) is 24.3 Å². The summed E-state index contributed by atoms with van der Waals surface area (Å²) >= 11 is 0. The molecule has 0 amide bonds. The second-order valence-electron chi connectivity index (χ2n) is 3.53. The molecule has 1 unspecified atom stereocenters. The third kappa shape index (κ3) is 3.49. The molecular weight excluding hydrogens is 245 g/mol. The first-order chi connectivity index (χ1) is 7.79. The number of rotatable bonds is 4. The van der Waals surface area contributed by atoms with Crippen LogP contribution in [-0.2, 0) is 0 Å². The maximum absolute atomic E-state index is 11.9. The molecule has 0 spiro atoms. The molecule has 1 saturated heterocycles. The maximum Gasteiger partial charge on any atom is 0.424 e. The molecule has 92 valence electrons. The third-order valence-electron chi connectivity index (χ3n) is 2.41. The van der Waals surface area contributed by atoms with Crippen LogP contribution in [0.25, 0.3) is 0 Å². The molecule has 0 aromatic heterocycles. The molecule has 2 rings (SSSR count). The fourth-order valence-electron chi connectivity index (χ4n) is 1.62. The van der Waals surface area contributed by atoms with Gasteiger partial charge in [0.25, 0.3) is 0 Å². The zero-order valence-corrected chi connectivity index (χ0v) is 9.88. The van der Waals surface area contributed by atoms with E-state index in [1.807, 2.05) is 12.1 Å². The van der Waals surface area contributed by atoms with Gasteiger partial charge in [0.15, 0.2) is 0 Å². The number of hydrogen-bond donors (Lipinski definition) is 2. The van der Waals surface area contributed by atoms with Gasteiger partial charge in [-0.1, -0.05) is 12.1 Å². The van der Waals surface area contributed by atoms with Crippen molar-refractivity contribution < 1.29 is 21.5 Å². The van der Waals surface area contributed by atoms with Crippen molar-refractivity contribution in [3.63, 3.8) is 0 Å². The maximum atomic E-state index is 11.9. The standard InChI is InChI=1S/C11H13FN3O.ClH/c12-5-6-16-9-3-1-8(2-4-9)10-7-14-11(13)15-10;/h1-4,10,14-15H,5-7H2;1H/q+1;/p-1. The van der Waals surface area contributed by atoms with Crippen LogP contribution in [0.2, 0.25) is 0 Å². The summed E-state index contributed by atoms with van der Waals surface area (Å²) in [5.41, 5.74) is 1.05. The Morgan fingerprint density at radius 2 is 2.06 bits per heavy atom. The Morgan fingerprint density at radius 3 is 2.59 bits per heavy atom. The van der Waals surface area contributed by atoms with Gasteiger partial charge in [-0.05, 0) is 17.7 Å². The molecule has 1 aromatic carbocycles. The van der Waals surface area contributed by atoms with Crippen LogP contribution in [0.1, 0.15) is 11.6 Å². The molecule has 0 bridgehead atoms. The van der Waals surface area contributed by atoms with Crippen molar-refractivity contribution in [1.29, 1.82) is 0 Å². The highest BCUT2D eigenvalue weighted by atomic mass is 35.5. The minimum Gasteiger partial charge on any atom is -1.00 e. The fourth-order valence-corrected chi connectivity index (χ4v) is 1.62. The van der Waals surface area contributed by atoms with Gasteiger partial charge in [-0.15, -0.1) is 0 Å². The van der Waals surface area contributed by atoms with Crippen molar-refractivity contribution in [2.45, 2.75) is 6.04 Å². The van der Waals surface area contributed by atoms with Crippen LogP contribution in [0.3, 0.4) is 0 Å². The number of benzene rings is 1. The predicted molar refractivity (Wildman–Crippen MR) is 58.9 cm³/mol. The number of nitrogens with zero attached hydrogens (tertiary/aromatic N) is 1. The molecule has 2 N–H and O–H groups in total. The Morgan fingerprint density at radius 1 is 1.35 bits per heavy atom. The van der Waals surface area contributed by atoms with Gasteiger partial charge in [0, 0.05) is 0 Å². The molecule has 2 radical (unpaired) electrons. The molecule has 1 atom stereocenters. The van der Waals surface area contributed by atoms with E-state index >= 15 is 0 Å². The van der Waals surface area contributed by atoms with Gasteiger partial charge < -0.3 is 17.1 Å². The minimum absolute atomic E-state index is 0. The first-order valence-corrected chi connectivity index (χ1v) is 5.14. The van der Waals surface area contributed by atoms with Gasteiger partial charge >= 0.3 is 5.96 Å². The van der Waals surface area contributed by atoms with E-state index in [0.717, 1.165) is 5.56 Å². The van der Waals surface area contributed by atoms with Crippen molar-refractivity contribution in [3.05, 3.63) is 29.8 Å². The van der Waals surface area contributed by atoms with Gasteiger partial charge in [-0.2, -0.15) is 0 Å². The Balaban J connectivity index is 0.00000144. The largest absolute Gasteiger partial charge is 1.00 e. The van der Waals surface area contributed by atoms with E-state index in [2.05, 4.69) is 10.6 Å². The summed E-state index contributed by atoms with van der Waals surface area (Å²) in [5.74, 6) is 0.753. The van der Waals surface area contributed by atoms with E-state index in [4.69, 9.17) is 10.1 Å².